The molecule has 0 saturated heterocycles. The molecule has 2 nitrogen and oxygen atoms in total. The van der Waals surface area contributed by atoms with Gasteiger partial charge in [0, 0.05) is 5.41 Å². The van der Waals surface area contributed by atoms with Gasteiger partial charge in [0.1, 0.15) is 0 Å². The molecule has 0 aliphatic heterocycles. The fourth-order valence-corrected chi connectivity index (χ4v) is 3.80. The molecule has 2 fully saturated rings. The molecular formula is C15H26O2. The molecule has 0 radical (unpaired) electrons. The van der Waals surface area contributed by atoms with Gasteiger partial charge in [-0.2, -0.15) is 0 Å². The van der Waals surface area contributed by atoms with E-state index in [1.807, 2.05) is 6.92 Å². The van der Waals surface area contributed by atoms with Crippen molar-refractivity contribution in [3.63, 3.8) is 0 Å². The summed E-state index contributed by atoms with van der Waals surface area (Å²) in [4.78, 5) is 0. The fourth-order valence-electron chi connectivity index (χ4n) is 3.80. The summed E-state index contributed by atoms with van der Waals surface area (Å²) in [5, 5.41) is 21.3. The molecule has 98 valence electrons. The molecule has 2 rings (SSSR count). The summed E-state index contributed by atoms with van der Waals surface area (Å²) in [6.45, 7) is 10.6. The molecule has 2 aliphatic rings. The van der Waals surface area contributed by atoms with Gasteiger partial charge in [-0.05, 0) is 49.5 Å². The lowest BCUT2D eigenvalue weighted by molar-refractivity contribution is -0.168. The van der Waals surface area contributed by atoms with Crippen molar-refractivity contribution < 1.29 is 10.2 Å². The first-order valence-corrected chi connectivity index (χ1v) is 6.90. The number of aliphatic hydroxyl groups excluding tert-OH is 1. The van der Waals surface area contributed by atoms with Gasteiger partial charge in [0.05, 0.1) is 11.7 Å². The number of hydrogen-bond acceptors (Lipinski definition) is 2. The van der Waals surface area contributed by atoms with Crippen molar-refractivity contribution in [3.8, 4) is 0 Å². The van der Waals surface area contributed by atoms with Gasteiger partial charge in [-0.3, -0.25) is 0 Å². The molecule has 2 aliphatic carbocycles. The highest BCUT2D eigenvalue weighted by atomic mass is 16.3. The van der Waals surface area contributed by atoms with Crippen LogP contribution in [0.25, 0.3) is 0 Å². The maximum absolute atomic E-state index is 11.0. The zero-order valence-electron chi connectivity index (χ0n) is 11.4. The topological polar surface area (TPSA) is 40.5 Å². The van der Waals surface area contributed by atoms with Crippen LogP contribution in [0.3, 0.4) is 0 Å². The van der Waals surface area contributed by atoms with Gasteiger partial charge < -0.3 is 10.2 Å². The highest BCUT2D eigenvalue weighted by Gasteiger charge is 2.58. The second-order valence-electron chi connectivity index (χ2n) is 6.68. The number of hydrogen-bond donors (Lipinski definition) is 2. The van der Waals surface area contributed by atoms with Crippen LogP contribution in [-0.4, -0.2) is 21.9 Å². The Morgan fingerprint density at radius 2 is 2.00 bits per heavy atom. The van der Waals surface area contributed by atoms with Crippen molar-refractivity contribution in [1.82, 2.24) is 0 Å². The summed E-state index contributed by atoms with van der Waals surface area (Å²) in [6.07, 6.45) is 3.93. The zero-order chi connectivity index (χ0) is 12.8. The third kappa shape index (κ3) is 1.77. The van der Waals surface area contributed by atoms with Gasteiger partial charge in [-0.15, -0.1) is 0 Å². The smallest absolute Gasteiger partial charge is 0.0934 e. The van der Waals surface area contributed by atoms with Gasteiger partial charge in [0.2, 0.25) is 0 Å². The Morgan fingerprint density at radius 1 is 1.35 bits per heavy atom. The first-order valence-electron chi connectivity index (χ1n) is 6.90. The van der Waals surface area contributed by atoms with Gasteiger partial charge in [-0.1, -0.05) is 27.4 Å². The maximum atomic E-state index is 11.0. The average molecular weight is 238 g/mol. The number of aliphatic hydroxyl groups is 2. The summed E-state index contributed by atoms with van der Waals surface area (Å²) in [6, 6.07) is 0. The fraction of sp³-hybridized carbons (Fsp3) is 0.867. The third-order valence-corrected chi connectivity index (χ3v) is 5.52. The first kappa shape index (κ1) is 13.1. The van der Waals surface area contributed by atoms with Crippen molar-refractivity contribution in [2.45, 2.75) is 64.6 Å². The second-order valence-corrected chi connectivity index (χ2v) is 6.68. The normalized spacial score (nSPS) is 47.1. The summed E-state index contributed by atoms with van der Waals surface area (Å²) in [7, 11) is 0. The third-order valence-electron chi connectivity index (χ3n) is 5.52. The molecule has 2 heteroatoms. The molecule has 0 heterocycles. The van der Waals surface area contributed by atoms with Gasteiger partial charge in [-0.25, -0.2) is 0 Å². The lowest BCUT2D eigenvalue weighted by Crippen LogP contribution is -2.60. The zero-order valence-corrected chi connectivity index (χ0v) is 11.4. The van der Waals surface area contributed by atoms with E-state index in [-0.39, 0.29) is 11.5 Å². The van der Waals surface area contributed by atoms with E-state index >= 15 is 0 Å². The van der Waals surface area contributed by atoms with Crippen LogP contribution in [0.4, 0.5) is 0 Å². The van der Waals surface area contributed by atoms with Crippen LogP contribution in [0, 0.1) is 17.3 Å². The Balaban J connectivity index is 2.32. The largest absolute Gasteiger partial charge is 0.392 e. The highest BCUT2D eigenvalue weighted by molar-refractivity contribution is 5.25. The molecule has 0 aromatic rings. The Bertz CT molecular complexity index is 323. The molecule has 2 saturated carbocycles. The molecule has 2 N–H and O–H groups in total. The van der Waals surface area contributed by atoms with Crippen LogP contribution in [0.15, 0.2) is 12.2 Å². The minimum Gasteiger partial charge on any atom is -0.392 e. The van der Waals surface area contributed by atoms with Crippen molar-refractivity contribution >= 4 is 0 Å². The maximum Gasteiger partial charge on any atom is 0.0934 e. The van der Waals surface area contributed by atoms with Crippen LogP contribution in [-0.2, 0) is 0 Å². The Morgan fingerprint density at radius 3 is 2.59 bits per heavy atom. The van der Waals surface area contributed by atoms with Crippen LogP contribution in [0.2, 0.25) is 0 Å². The molecule has 0 aromatic heterocycles. The summed E-state index contributed by atoms with van der Waals surface area (Å²) in [5.74, 6) is 1.14. The monoisotopic (exact) mass is 238 g/mol. The van der Waals surface area contributed by atoms with E-state index in [4.69, 9.17) is 0 Å². The standard InChI is InChI=1S/C15H26O2/c1-10(2)12-7-8-14(4)13(16)6-5-11(3)15(14,17)9-12/h10,12-13,16-17H,3,5-9H2,1-2,4H3/t12-,13-,14+,15-/m1/s1. The van der Waals surface area contributed by atoms with E-state index in [0.29, 0.717) is 11.8 Å². The van der Waals surface area contributed by atoms with Crippen molar-refractivity contribution in [2.75, 3.05) is 0 Å². The number of fused-ring (bicyclic) bond motifs is 1. The van der Waals surface area contributed by atoms with Gasteiger partial charge in [0.25, 0.3) is 0 Å². The average Bonchev–Trinajstić information content (AvgIpc) is 2.27. The lowest BCUT2D eigenvalue weighted by Gasteiger charge is -2.57. The van der Waals surface area contributed by atoms with Gasteiger partial charge in [0.15, 0.2) is 0 Å². The minimum absolute atomic E-state index is 0.381. The molecule has 4 atom stereocenters. The predicted octanol–water partition coefficient (Wildman–Crippen LogP) is 2.89. The van der Waals surface area contributed by atoms with E-state index in [9.17, 15) is 10.2 Å². The summed E-state index contributed by atoms with van der Waals surface area (Å²) in [5.41, 5.74) is -0.290. The van der Waals surface area contributed by atoms with Gasteiger partial charge >= 0.3 is 0 Å². The van der Waals surface area contributed by atoms with E-state index in [1.54, 1.807) is 0 Å². The van der Waals surface area contributed by atoms with Crippen LogP contribution in [0.1, 0.15) is 52.9 Å². The highest BCUT2D eigenvalue weighted by Crippen LogP contribution is 2.56. The van der Waals surface area contributed by atoms with E-state index < -0.39 is 5.60 Å². The minimum atomic E-state index is -0.849. The molecule has 0 amide bonds. The second kappa shape index (κ2) is 4.10. The molecule has 0 unspecified atom stereocenters. The molecule has 0 spiro atoms. The van der Waals surface area contributed by atoms with Crippen LogP contribution >= 0.6 is 0 Å². The first-order chi connectivity index (χ1) is 7.81. The molecule has 0 aromatic carbocycles. The van der Waals surface area contributed by atoms with Crippen molar-refractivity contribution in [3.05, 3.63) is 12.2 Å². The SMILES string of the molecule is C=C1CC[C@@H](O)[C@]2(C)CC[C@@H](C(C)C)C[C@@]12O. The van der Waals surface area contributed by atoms with Crippen LogP contribution in [0.5, 0.6) is 0 Å². The van der Waals surface area contributed by atoms with E-state index in [2.05, 4.69) is 20.4 Å². The molecule has 17 heavy (non-hydrogen) atoms. The Labute approximate surface area is 105 Å². The van der Waals surface area contributed by atoms with E-state index in [1.165, 1.54) is 0 Å². The quantitative estimate of drug-likeness (QED) is 0.690. The molecule has 0 bridgehead atoms. The van der Waals surface area contributed by atoms with Crippen molar-refractivity contribution in [2.24, 2.45) is 17.3 Å². The lowest BCUT2D eigenvalue weighted by atomic mass is 9.52. The predicted molar refractivity (Wildman–Crippen MR) is 69.6 cm³/mol. The summed E-state index contributed by atoms with van der Waals surface area (Å²) < 4.78 is 0. The van der Waals surface area contributed by atoms with Crippen LogP contribution < -0.4 is 0 Å². The Hall–Kier alpha value is -0.340. The summed E-state index contributed by atoms with van der Waals surface area (Å²) >= 11 is 0. The van der Waals surface area contributed by atoms with E-state index in [0.717, 1.165) is 37.7 Å². The number of rotatable bonds is 1. The van der Waals surface area contributed by atoms with Crippen molar-refractivity contribution in [1.29, 1.82) is 0 Å². The molecular weight excluding hydrogens is 212 g/mol. The Kier molecular flexibility index (Phi) is 3.16.